The minimum Gasteiger partial charge on any atom is -0.395 e. The lowest BCUT2D eigenvalue weighted by Gasteiger charge is -2.23. The molecular formula is C11H16N2O3. The van der Waals surface area contributed by atoms with Crippen molar-refractivity contribution >= 4 is 11.4 Å². The second kappa shape index (κ2) is 5.46. The molecule has 1 N–H and O–H groups in total. The molecule has 0 amide bonds. The quantitative estimate of drug-likeness (QED) is 0.611. The van der Waals surface area contributed by atoms with Crippen molar-refractivity contribution in [2.45, 2.75) is 13.8 Å². The zero-order valence-electron chi connectivity index (χ0n) is 9.51. The van der Waals surface area contributed by atoms with Crippen LogP contribution in [0.15, 0.2) is 18.2 Å². The number of likely N-dealkylation sites (N-methyl/N-ethyl adjacent to an activating group) is 1. The summed E-state index contributed by atoms with van der Waals surface area (Å²) in [6.45, 7) is 5.19. The molecule has 0 atom stereocenters. The van der Waals surface area contributed by atoms with Gasteiger partial charge in [-0.25, -0.2) is 0 Å². The number of non-ortho nitro benzene ring substituents is 1. The Morgan fingerprint density at radius 2 is 2.19 bits per heavy atom. The predicted molar refractivity (Wildman–Crippen MR) is 62.8 cm³/mol. The monoisotopic (exact) mass is 224 g/mol. The normalized spacial score (nSPS) is 10.2. The zero-order valence-corrected chi connectivity index (χ0v) is 9.51. The summed E-state index contributed by atoms with van der Waals surface area (Å²) in [5.74, 6) is 0. The number of aliphatic hydroxyl groups excluding tert-OH is 1. The Labute approximate surface area is 94.5 Å². The van der Waals surface area contributed by atoms with Gasteiger partial charge in [-0.05, 0) is 25.5 Å². The smallest absolute Gasteiger partial charge is 0.269 e. The molecule has 0 bridgehead atoms. The number of rotatable bonds is 5. The Hall–Kier alpha value is -1.62. The van der Waals surface area contributed by atoms with E-state index in [9.17, 15) is 10.1 Å². The molecule has 0 unspecified atom stereocenters. The van der Waals surface area contributed by atoms with Gasteiger partial charge in [-0.15, -0.1) is 0 Å². The van der Waals surface area contributed by atoms with Crippen molar-refractivity contribution in [2.75, 3.05) is 24.6 Å². The van der Waals surface area contributed by atoms with Gasteiger partial charge in [0.1, 0.15) is 0 Å². The number of nitro benzene ring substituents is 1. The van der Waals surface area contributed by atoms with Crippen LogP contribution in [0.4, 0.5) is 11.4 Å². The fraction of sp³-hybridized carbons (Fsp3) is 0.455. The maximum absolute atomic E-state index is 10.6. The fourth-order valence-corrected chi connectivity index (χ4v) is 1.68. The Kier molecular flexibility index (Phi) is 4.25. The number of aliphatic hydroxyl groups is 1. The predicted octanol–water partition coefficient (Wildman–Crippen LogP) is 1.72. The standard InChI is InChI=1S/C11H16N2O3/c1-3-12(6-7-14)11-5-4-10(13(15)16)8-9(11)2/h4-5,8,14H,3,6-7H2,1-2H3. The van der Waals surface area contributed by atoms with E-state index in [1.54, 1.807) is 12.1 Å². The highest BCUT2D eigenvalue weighted by Crippen LogP contribution is 2.24. The van der Waals surface area contributed by atoms with Gasteiger partial charge in [0.15, 0.2) is 0 Å². The van der Waals surface area contributed by atoms with Crippen LogP contribution in [0, 0.1) is 17.0 Å². The summed E-state index contributed by atoms with van der Waals surface area (Å²) < 4.78 is 0. The summed E-state index contributed by atoms with van der Waals surface area (Å²) >= 11 is 0. The van der Waals surface area contributed by atoms with Gasteiger partial charge in [-0.1, -0.05) is 0 Å². The van der Waals surface area contributed by atoms with Crippen LogP contribution in [0.2, 0.25) is 0 Å². The lowest BCUT2D eigenvalue weighted by atomic mass is 10.1. The molecule has 1 aromatic carbocycles. The van der Waals surface area contributed by atoms with Crippen molar-refractivity contribution in [1.29, 1.82) is 0 Å². The topological polar surface area (TPSA) is 66.6 Å². The van der Waals surface area contributed by atoms with Crippen molar-refractivity contribution in [2.24, 2.45) is 0 Å². The maximum atomic E-state index is 10.6. The number of nitrogens with zero attached hydrogens (tertiary/aromatic N) is 2. The molecule has 0 aliphatic carbocycles. The first-order chi connectivity index (χ1) is 7.60. The molecule has 1 aromatic rings. The SMILES string of the molecule is CCN(CCO)c1ccc([N+](=O)[O-])cc1C. The molecule has 0 spiro atoms. The van der Waals surface area contributed by atoms with Gasteiger partial charge in [-0.3, -0.25) is 10.1 Å². The number of benzene rings is 1. The maximum Gasteiger partial charge on any atom is 0.269 e. The van der Waals surface area contributed by atoms with E-state index >= 15 is 0 Å². The Balaban J connectivity index is 3.01. The first-order valence-electron chi connectivity index (χ1n) is 5.21. The first-order valence-corrected chi connectivity index (χ1v) is 5.21. The molecule has 5 heteroatoms. The number of nitro groups is 1. The molecule has 0 saturated heterocycles. The van der Waals surface area contributed by atoms with E-state index in [4.69, 9.17) is 5.11 Å². The summed E-state index contributed by atoms with van der Waals surface area (Å²) in [6, 6.07) is 4.77. The molecule has 1 rings (SSSR count). The van der Waals surface area contributed by atoms with Crippen molar-refractivity contribution in [3.63, 3.8) is 0 Å². The molecule has 5 nitrogen and oxygen atoms in total. The van der Waals surface area contributed by atoms with Crippen LogP contribution in [-0.4, -0.2) is 29.7 Å². The number of hydrogen-bond acceptors (Lipinski definition) is 4. The molecule has 0 radical (unpaired) electrons. The number of aryl methyl sites for hydroxylation is 1. The summed E-state index contributed by atoms with van der Waals surface area (Å²) in [7, 11) is 0. The summed E-state index contributed by atoms with van der Waals surface area (Å²) in [4.78, 5) is 12.2. The van der Waals surface area contributed by atoms with Gasteiger partial charge in [0.2, 0.25) is 0 Å². The van der Waals surface area contributed by atoms with E-state index in [2.05, 4.69) is 0 Å². The van der Waals surface area contributed by atoms with Gasteiger partial charge >= 0.3 is 0 Å². The van der Waals surface area contributed by atoms with Crippen LogP contribution in [0.1, 0.15) is 12.5 Å². The van der Waals surface area contributed by atoms with E-state index in [-0.39, 0.29) is 12.3 Å². The van der Waals surface area contributed by atoms with Crippen LogP contribution >= 0.6 is 0 Å². The molecule has 0 saturated carbocycles. The molecule has 0 aliphatic heterocycles. The number of hydrogen-bond donors (Lipinski definition) is 1. The zero-order chi connectivity index (χ0) is 12.1. The van der Waals surface area contributed by atoms with Crippen LogP contribution < -0.4 is 4.90 Å². The molecule has 0 aromatic heterocycles. The molecule has 0 heterocycles. The Morgan fingerprint density at radius 1 is 1.50 bits per heavy atom. The summed E-state index contributed by atoms with van der Waals surface area (Å²) in [5.41, 5.74) is 1.88. The molecule has 88 valence electrons. The third-order valence-corrected chi connectivity index (χ3v) is 2.48. The number of anilines is 1. The van der Waals surface area contributed by atoms with E-state index in [0.717, 1.165) is 17.8 Å². The fourth-order valence-electron chi connectivity index (χ4n) is 1.68. The lowest BCUT2D eigenvalue weighted by molar-refractivity contribution is -0.384. The van der Waals surface area contributed by atoms with Gasteiger partial charge in [0, 0.05) is 30.9 Å². The molecule has 0 aliphatic rings. The van der Waals surface area contributed by atoms with Gasteiger partial charge in [-0.2, -0.15) is 0 Å². The average Bonchev–Trinajstić information content (AvgIpc) is 2.26. The highest BCUT2D eigenvalue weighted by Gasteiger charge is 2.11. The summed E-state index contributed by atoms with van der Waals surface area (Å²) in [5, 5.41) is 19.5. The highest BCUT2D eigenvalue weighted by molar-refractivity contribution is 5.57. The Morgan fingerprint density at radius 3 is 2.62 bits per heavy atom. The van der Waals surface area contributed by atoms with Crippen LogP contribution in [0.25, 0.3) is 0 Å². The van der Waals surface area contributed by atoms with E-state index in [1.165, 1.54) is 6.07 Å². The van der Waals surface area contributed by atoms with Crippen LogP contribution in [0.5, 0.6) is 0 Å². The second-order valence-electron chi connectivity index (χ2n) is 3.53. The van der Waals surface area contributed by atoms with Gasteiger partial charge in [0.05, 0.1) is 11.5 Å². The van der Waals surface area contributed by atoms with Crippen LogP contribution in [0.3, 0.4) is 0 Å². The lowest BCUT2D eigenvalue weighted by Crippen LogP contribution is -2.26. The van der Waals surface area contributed by atoms with Crippen molar-refractivity contribution in [3.05, 3.63) is 33.9 Å². The van der Waals surface area contributed by atoms with E-state index in [0.29, 0.717) is 6.54 Å². The largest absolute Gasteiger partial charge is 0.395 e. The Bertz CT molecular complexity index is 379. The van der Waals surface area contributed by atoms with Crippen molar-refractivity contribution in [1.82, 2.24) is 0 Å². The van der Waals surface area contributed by atoms with Crippen molar-refractivity contribution in [3.8, 4) is 0 Å². The second-order valence-corrected chi connectivity index (χ2v) is 3.53. The molecule has 16 heavy (non-hydrogen) atoms. The van der Waals surface area contributed by atoms with E-state index in [1.807, 2.05) is 18.7 Å². The highest BCUT2D eigenvalue weighted by atomic mass is 16.6. The molecule has 0 fully saturated rings. The minimum absolute atomic E-state index is 0.0737. The average molecular weight is 224 g/mol. The first kappa shape index (κ1) is 12.4. The minimum atomic E-state index is -0.404. The van der Waals surface area contributed by atoms with Gasteiger partial charge in [0.25, 0.3) is 5.69 Å². The van der Waals surface area contributed by atoms with Crippen LogP contribution in [-0.2, 0) is 0 Å². The van der Waals surface area contributed by atoms with Gasteiger partial charge < -0.3 is 10.0 Å². The van der Waals surface area contributed by atoms with E-state index < -0.39 is 4.92 Å². The third-order valence-electron chi connectivity index (χ3n) is 2.48. The molecular weight excluding hydrogens is 208 g/mol. The third kappa shape index (κ3) is 2.70. The summed E-state index contributed by atoms with van der Waals surface area (Å²) in [6.07, 6.45) is 0. The van der Waals surface area contributed by atoms with Crippen molar-refractivity contribution < 1.29 is 10.0 Å².